The lowest BCUT2D eigenvalue weighted by atomic mass is 10.2. The maximum absolute atomic E-state index is 13.4. The fourth-order valence-corrected chi connectivity index (χ4v) is 5.15. The van der Waals surface area contributed by atoms with Crippen molar-refractivity contribution >= 4 is 62.7 Å². The molecule has 0 bridgehead atoms. The molecule has 3 heterocycles. The number of carbonyl (C=O) groups excluding carboxylic acids is 1. The third kappa shape index (κ3) is 5.65. The molecule has 3 aromatic rings. The van der Waals surface area contributed by atoms with E-state index >= 15 is 0 Å². The van der Waals surface area contributed by atoms with Crippen molar-refractivity contribution in [2.45, 2.75) is 0 Å². The summed E-state index contributed by atoms with van der Waals surface area (Å²) in [6, 6.07) is 9.15. The quantitative estimate of drug-likeness (QED) is 0.411. The van der Waals surface area contributed by atoms with Crippen LogP contribution in [0.2, 0.25) is 5.02 Å². The Hall–Kier alpha value is -2.56. The highest BCUT2D eigenvalue weighted by molar-refractivity contribution is 7.23. The molecule has 2 aromatic carbocycles. The number of ether oxygens (including phenoxy) is 4. The Bertz CT molecular complexity index is 1230. The van der Waals surface area contributed by atoms with E-state index in [0.29, 0.717) is 59.2 Å². The minimum atomic E-state index is -0.167. The summed E-state index contributed by atoms with van der Waals surface area (Å²) in [7, 11) is 1.59. The normalized spacial score (nSPS) is 15.4. The number of carbonyl (C=O) groups is 1. The monoisotopic (exact) mass is 537 g/mol. The molecule has 0 atom stereocenters. The number of fused-ring (bicyclic) bond motifs is 2. The molecule has 0 aliphatic carbocycles. The van der Waals surface area contributed by atoms with Gasteiger partial charge < -0.3 is 18.9 Å². The van der Waals surface area contributed by atoms with Crippen LogP contribution in [0.3, 0.4) is 0 Å². The first-order valence-electron chi connectivity index (χ1n) is 10.9. The van der Waals surface area contributed by atoms with E-state index in [-0.39, 0.29) is 25.1 Å². The zero-order valence-corrected chi connectivity index (χ0v) is 21.5. The summed E-state index contributed by atoms with van der Waals surface area (Å²) >= 11 is 7.81. The Kier molecular flexibility index (Phi) is 8.35. The molecular formula is C24H25Cl2N3O5S. The van der Waals surface area contributed by atoms with Gasteiger partial charge in [-0.15, -0.1) is 12.4 Å². The van der Waals surface area contributed by atoms with Crippen molar-refractivity contribution in [1.29, 1.82) is 0 Å². The fraction of sp³-hybridized carbons (Fsp3) is 0.333. The largest absolute Gasteiger partial charge is 0.494 e. The molecule has 186 valence electrons. The lowest BCUT2D eigenvalue weighted by Gasteiger charge is -2.28. The van der Waals surface area contributed by atoms with Crippen LogP contribution in [0, 0.1) is 0 Å². The molecule has 1 saturated heterocycles. The van der Waals surface area contributed by atoms with Gasteiger partial charge in [-0.25, -0.2) is 4.98 Å². The van der Waals surface area contributed by atoms with Crippen LogP contribution in [0.25, 0.3) is 16.3 Å². The molecule has 0 saturated carbocycles. The number of benzene rings is 2. The molecule has 35 heavy (non-hydrogen) atoms. The number of hydrogen-bond donors (Lipinski definition) is 0. The SMILES string of the molecule is COc1ccc(Cl)c2sc(N(CCN3CCOCC3)C(=O)/C=C/c3ccc4c(c3)OCO4)nc12.Cl. The first kappa shape index (κ1) is 25.5. The van der Waals surface area contributed by atoms with Crippen molar-refractivity contribution in [2.24, 2.45) is 0 Å². The number of hydrogen-bond acceptors (Lipinski definition) is 8. The summed E-state index contributed by atoms with van der Waals surface area (Å²) < 4.78 is 22.5. The number of amides is 1. The van der Waals surface area contributed by atoms with Crippen molar-refractivity contribution in [1.82, 2.24) is 9.88 Å². The average Bonchev–Trinajstić information content (AvgIpc) is 3.51. The van der Waals surface area contributed by atoms with Crippen LogP contribution in [0.4, 0.5) is 5.13 Å². The summed E-state index contributed by atoms with van der Waals surface area (Å²) in [5.41, 5.74) is 1.50. The van der Waals surface area contributed by atoms with Crippen LogP contribution in [0.5, 0.6) is 17.2 Å². The number of rotatable bonds is 7. The molecule has 0 spiro atoms. The Morgan fingerprint density at radius 3 is 2.83 bits per heavy atom. The molecule has 1 amide bonds. The van der Waals surface area contributed by atoms with Crippen molar-refractivity contribution in [3.63, 3.8) is 0 Å². The fourth-order valence-electron chi connectivity index (χ4n) is 3.86. The van der Waals surface area contributed by atoms with Gasteiger partial charge in [-0.2, -0.15) is 0 Å². The van der Waals surface area contributed by atoms with Crippen molar-refractivity contribution in [3.8, 4) is 17.2 Å². The van der Waals surface area contributed by atoms with E-state index in [4.69, 9.17) is 35.5 Å². The molecular weight excluding hydrogens is 513 g/mol. The predicted octanol–water partition coefficient (Wildman–Crippen LogP) is 4.49. The molecule has 1 fully saturated rings. The van der Waals surface area contributed by atoms with Crippen LogP contribution >= 0.6 is 35.3 Å². The predicted molar refractivity (Wildman–Crippen MR) is 140 cm³/mol. The van der Waals surface area contributed by atoms with Gasteiger partial charge in [-0.1, -0.05) is 29.0 Å². The van der Waals surface area contributed by atoms with Gasteiger partial charge >= 0.3 is 0 Å². The zero-order chi connectivity index (χ0) is 23.5. The minimum Gasteiger partial charge on any atom is -0.494 e. The van der Waals surface area contributed by atoms with E-state index in [1.54, 1.807) is 36.3 Å². The second kappa shape index (κ2) is 11.5. The Labute approximate surface area is 218 Å². The van der Waals surface area contributed by atoms with E-state index in [2.05, 4.69) is 4.90 Å². The molecule has 0 unspecified atom stereocenters. The number of halogens is 2. The zero-order valence-electron chi connectivity index (χ0n) is 19.1. The van der Waals surface area contributed by atoms with Gasteiger partial charge in [0.1, 0.15) is 11.3 Å². The van der Waals surface area contributed by atoms with Crippen LogP contribution in [-0.2, 0) is 9.53 Å². The lowest BCUT2D eigenvalue weighted by molar-refractivity contribution is -0.114. The summed E-state index contributed by atoms with van der Waals surface area (Å²) in [6.45, 7) is 4.50. The van der Waals surface area contributed by atoms with Gasteiger partial charge in [0.05, 0.1) is 30.0 Å². The molecule has 8 nitrogen and oxygen atoms in total. The van der Waals surface area contributed by atoms with E-state index in [0.717, 1.165) is 23.4 Å². The molecule has 11 heteroatoms. The number of thiazole rings is 1. The first-order valence-corrected chi connectivity index (χ1v) is 12.1. The van der Waals surface area contributed by atoms with E-state index in [1.807, 2.05) is 18.2 Å². The number of methoxy groups -OCH3 is 1. The second-order valence-corrected chi connectivity index (χ2v) is 9.20. The average molecular weight is 538 g/mol. The summed E-state index contributed by atoms with van der Waals surface area (Å²) in [4.78, 5) is 22.1. The number of anilines is 1. The highest BCUT2D eigenvalue weighted by Crippen LogP contribution is 2.39. The molecule has 0 radical (unpaired) electrons. The van der Waals surface area contributed by atoms with Crippen LogP contribution in [0.1, 0.15) is 5.56 Å². The summed E-state index contributed by atoms with van der Waals surface area (Å²) in [5.74, 6) is 1.83. The van der Waals surface area contributed by atoms with Gasteiger partial charge in [0, 0.05) is 32.3 Å². The molecule has 0 N–H and O–H groups in total. The molecule has 5 rings (SSSR count). The Morgan fingerprint density at radius 1 is 1.23 bits per heavy atom. The Balaban J connectivity index is 0.00000289. The van der Waals surface area contributed by atoms with Crippen LogP contribution < -0.4 is 19.1 Å². The van der Waals surface area contributed by atoms with Crippen molar-refractivity contribution < 1.29 is 23.7 Å². The third-order valence-electron chi connectivity index (χ3n) is 5.72. The maximum atomic E-state index is 13.4. The highest BCUT2D eigenvalue weighted by Gasteiger charge is 2.22. The van der Waals surface area contributed by atoms with Crippen LogP contribution in [0.15, 0.2) is 36.4 Å². The Morgan fingerprint density at radius 2 is 2.03 bits per heavy atom. The molecule has 2 aliphatic rings. The van der Waals surface area contributed by atoms with Crippen LogP contribution in [-0.4, -0.2) is 69.1 Å². The third-order valence-corrected chi connectivity index (χ3v) is 7.26. The van der Waals surface area contributed by atoms with E-state index < -0.39 is 0 Å². The second-order valence-electron chi connectivity index (χ2n) is 7.81. The standard InChI is InChI=1S/C24H24ClN3O5S.ClH/c1-30-19-6-4-17(25)23-22(19)26-24(34-23)28(9-8-27-10-12-31-13-11-27)21(29)7-3-16-2-5-18-20(14-16)33-15-32-18;/h2-7,14H,8-13,15H2,1H3;1H/b7-3+;. The topological polar surface area (TPSA) is 73.4 Å². The summed E-state index contributed by atoms with van der Waals surface area (Å²) in [6.07, 6.45) is 3.33. The summed E-state index contributed by atoms with van der Waals surface area (Å²) in [5, 5.41) is 1.16. The van der Waals surface area contributed by atoms with E-state index in [1.165, 1.54) is 11.3 Å². The minimum absolute atomic E-state index is 0. The van der Waals surface area contributed by atoms with Crippen molar-refractivity contribution in [3.05, 3.63) is 47.0 Å². The number of aromatic nitrogens is 1. The van der Waals surface area contributed by atoms with Gasteiger partial charge in [-0.3, -0.25) is 14.6 Å². The van der Waals surface area contributed by atoms with E-state index in [9.17, 15) is 4.79 Å². The van der Waals surface area contributed by atoms with Gasteiger partial charge in [-0.05, 0) is 35.9 Å². The lowest BCUT2D eigenvalue weighted by Crippen LogP contribution is -2.42. The van der Waals surface area contributed by atoms with Gasteiger partial charge in [0.25, 0.3) is 5.91 Å². The van der Waals surface area contributed by atoms with Crippen molar-refractivity contribution in [2.75, 3.05) is 58.2 Å². The smallest absolute Gasteiger partial charge is 0.252 e. The number of morpholine rings is 1. The van der Waals surface area contributed by atoms with Gasteiger partial charge in [0.15, 0.2) is 16.6 Å². The highest BCUT2D eigenvalue weighted by atomic mass is 35.5. The first-order chi connectivity index (χ1) is 16.6. The van der Waals surface area contributed by atoms with Gasteiger partial charge in [0.2, 0.25) is 6.79 Å². The maximum Gasteiger partial charge on any atom is 0.252 e. The molecule has 1 aromatic heterocycles. The number of nitrogens with zero attached hydrogens (tertiary/aromatic N) is 3. The molecule has 2 aliphatic heterocycles.